The maximum Gasteiger partial charge on any atom is 0.220 e. The van der Waals surface area contributed by atoms with Crippen molar-refractivity contribution in [3.63, 3.8) is 0 Å². The van der Waals surface area contributed by atoms with Gasteiger partial charge in [-0.3, -0.25) is 9.59 Å². The standard InChI is InChI=1S/C80H146N2O32/c1-5-7-9-11-13-15-17-19-20-21-22-23-24-25-26-28-30-32-34-36-38-40-56(90)82-49(50(89)39-37-35-33-31-29-27-18-16-14-12-10-8-6-2)46-103-76-67(100)64(97)70(54(44-86)108-76)110-78-68(101)65(98)71(55(45-87)109-78)111-79-69(102)73(61(94)53(43-85)106-79)113-75-57(81-48(4)88)72(60(93)52(42-84)105-75)112-80-74(63(96)59(92)51(41-83)107-80)114-77-66(99)62(95)58(91)47(3)104-77/h37,39,47,49-55,57-80,83-87,89,91-102H,5-36,38,40-46H2,1-4H3,(H,81,88)(H,82,90)/b39-37+/t47?,49-,50+,51?,52?,53?,54?,55?,57?,58+,59-,60-,61-,62?,63-,64+,65+,66-,67?,68?,69?,70+,71-,72+,73-,74?,75-,76+,77+,78-,79-,80-/m0/s1. The second-order valence-electron chi connectivity index (χ2n) is 32.0. The third-order valence-corrected chi connectivity index (χ3v) is 22.8. The summed E-state index contributed by atoms with van der Waals surface area (Å²) in [5, 5.41) is 206. The summed E-state index contributed by atoms with van der Waals surface area (Å²) in [6, 6.07) is -2.87. The smallest absolute Gasteiger partial charge is 0.220 e. The number of ether oxygens (including phenoxy) is 12. The number of rotatable bonds is 56. The number of carbonyl (C=O) groups is 2. The number of aliphatic hydroxyl groups excluding tert-OH is 18. The highest BCUT2D eigenvalue weighted by molar-refractivity contribution is 5.76. The van der Waals surface area contributed by atoms with E-state index in [-0.39, 0.29) is 12.3 Å². The molecule has 6 aliphatic rings. The first-order chi connectivity index (χ1) is 54.9. The number of aliphatic hydroxyl groups is 18. The lowest BCUT2D eigenvalue weighted by Crippen LogP contribution is -2.70. The van der Waals surface area contributed by atoms with Crippen LogP contribution in [0.4, 0.5) is 0 Å². The van der Waals surface area contributed by atoms with Gasteiger partial charge in [0, 0.05) is 13.3 Å². The molecule has 0 aromatic rings. The maximum atomic E-state index is 13.6. The Labute approximate surface area is 672 Å². The minimum absolute atomic E-state index is 0.186. The molecule has 0 aliphatic carbocycles. The van der Waals surface area contributed by atoms with Crippen molar-refractivity contribution in [3.05, 3.63) is 12.2 Å². The van der Waals surface area contributed by atoms with E-state index in [9.17, 15) is 102 Å². The van der Waals surface area contributed by atoms with Gasteiger partial charge in [-0.2, -0.15) is 0 Å². The van der Waals surface area contributed by atoms with Gasteiger partial charge < -0.3 is 159 Å². The van der Waals surface area contributed by atoms with Crippen molar-refractivity contribution < 1.29 is 158 Å². The second-order valence-corrected chi connectivity index (χ2v) is 32.0. The SMILES string of the molecule is CCCCCCCCCCCCC/C=C/[C@@H](O)[C@H](CO[C@@H]1OC(CO)[C@@H](O[C@@H]2OC(CO)[C@H](O[C@@H]3OC(CO)[C@H](O)[C@H](O[C@@H]4OC(CO)[C@H](O)[C@H](O[C@@H]5OC(CO)[C@H](O)[C@H](O)C5O[C@H]5OC(C)[C@@H](O)C(O)[C@@H]5O)C4NC(C)=O)C3O)[C@H](O)C2O)[C@H](O)C1O)NC(=O)CCCCCCCCCCCCCCCCCCCCCCC. The third kappa shape index (κ3) is 31.4. The summed E-state index contributed by atoms with van der Waals surface area (Å²) in [6.07, 6.45) is -13.3. The fraction of sp³-hybridized carbons (Fsp3) is 0.950. The molecule has 20 N–H and O–H groups in total. The number of hydrogen-bond donors (Lipinski definition) is 20. The number of hydrogen-bond acceptors (Lipinski definition) is 32. The fourth-order valence-electron chi connectivity index (χ4n) is 15.7. The minimum Gasteiger partial charge on any atom is -0.394 e. The topological polar surface area (TPSA) is 533 Å². The molecule has 0 aromatic carbocycles. The molecule has 0 saturated carbocycles. The number of nitrogens with one attached hydrogen (secondary N) is 2. The lowest BCUT2D eigenvalue weighted by atomic mass is 9.94. The Balaban J connectivity index is 1.04. The van der Waals surface area contributed by atoms with Crippen LogP contribution in [0.25, 0.3) is 0 Å². The average Bonchev–Trinajstić information content (AvgIpc) is 0.766. The molecular weight excluding hydrogens is 1500 g/mol. The first kappa shape index (κ1) is 100. The quantitative estimate of drug-likeness (QED) is 0.0296. The van der Waals surface area contributed by atoms with Crippen molar-refractivity contribution in [2.45, 2.75) is 442 Å². The van der Waals surface area contributed by atoms with Gasteiger partial charge in [0.05, 0.1) is 57.9 Å². The monoisotopic (exact) mass is 1650 g/mol. The molecule has 114 heavy (non-hydrogen) atoms. The Morgan fingerprint density at radius 2 is 0.711 bits per heavy atom. The van der Waals surface area contributed by atoms with E-state index < -0.39 is 242 Å². The summed E-state index contributed by atoms with van der Waals surface area (Å²) in [5.41, 5.74) is 0. The van der Waals surface area contributed by atoms with E-state index in [0.717, 1.165) is 58.3 Å². The number of amides is 2. The summed E-state index contributed by atoms with van der Waals surface area (Å²) in [4.78, 5) is 26.6. The molecular formula is C80H146N2O32. The summed E-state index contributed by atoms with van der Waals surface area (Å²) in [5.74, 6) is -1.20. The van der Waals surface area contributed by atoms with Crippen LogP contribution in [0.15, 0.2) is 12.2 Å². The number of unbranched alkanes of at least 4 members (excludes halogenated alkanes) is 31. The lowest BCUT2D eigenvalue weighted by molar-refractivity contribution is -0.393. The highest BCUT2D eigenvalue weighted by atomic mass is 16.8. The van der Waals surface area contributed by atoms with Crippen molar-refractivity contribution in [2.75, 3.05) is 39.6 Å². The van der Waals surface area contributed by atoms with Crippen molar-refractivity contribution in [1.29, 1.82) is 0 Å². The van der Waals surface area contributed by atoms with Gasteiger partial charge in [0.25, 0.3) is 0 Å². The van der Waals surface area contributed by atoms with E-state index in [2.05, 4.69) is 24.5 Å². The molecule has 6 rings (SSSR count). The molecule has 6 fully saturated rings. The van der Waals surface area contributed by atoms with Crippen LogP contribution in [0, 0.1) is 0 Å². The Morgan fingerprint density at radius 3 is 1.18 bits per heavy atom. The van der Waals surface area contributed by atoms with Gasteiger partial charge in [-0.25, -0.2) is 0 Å². The zero-order chi connectivity index (χ0) is 83.2. The molecule has 6 saturated heterocycles. The molecule has 34 nitrogen and oxygen atoms in total. The molecule has 6 aliphatic heterocycles. The largest absolute Gasteiger partial charge is 0.394 e. The maximum absolute atomic E-state index is 13.6. The van der Waals surface area contributed by atoms with E-state index in [4.69, 9.17) is 56.8 Å². The molecule has 0 aromatic heterocycles. The van der Waals surface area contributed by atoms with Gasteiger partial charge in [0.15, 0.2) is 37.7 Å². The summed E-state index contributed by atoms with van der Waals surface area (Å²) < 4.78 is 70.8. The summed E-state index contributed by atoms with van der Waals surface area (Å²) in [6.45, 7) is 1.38. The van der Waals surface area contributed by atoms with Crippen LogP contribution in [-0.2, 0) is 66.4 Å². The molecule has 6 heterocycles. The van der Waals surface area contributed by atoms with Gasteiger partial charge in [0.2, 0.25) is 11.8 Å². The summed E-state index contributed by atoms with van der Waals surface area (Å²) in [7, 11) is 0. The van der Waals surface area contributed by atoms with E-state index in [1.165, 1.54) is 155 Å². The van der Waals surface area contributed by atoms with Gasteiger partial charge in [-0.15, -0.1) is 0 Å². The van der Waals surface area contributed by atoms with Gasteiger partial charge >= 0.3 is 0 Å². The molecule has 0 radical (unpaired) electrons. The number of carbonyl (C=O) groups excluding carboxylic acids is 2. The zero-order valence-electron chi connectivity index (χ0n) is 67.7. The predicted octanol–water partition coefficient (Wildman–Crippen LogP) is 0.800. The van der Waals surface area contributed by atoms with Crippen LogP contribution < -0.4 is 10.6 Å². The van der Waals surface area contributed by atoms with Crippen LogP contribution >= 0.6 is 0 Å². The molecule has 34 heteroatoms. The van der Waals surface area contributed by atoms with E-state index in [1.54, 1.807) is 6.08 Å². The van der Waals surface area contributed by atoms with E-state index >= 15 is 0 Å². The molecule has 12 unspecified atom stereocenters. The van der Waals surface area contributed by atoms with Gasteiger partial charge in [-0.1, -0.05) is 219 Å². The Bertz CT molecular complexity index is 2560. The van der Waals surface area contributed by atoms with E-state index in [0.29, 0.717) is 12.8 Å². The highest BCUT2D eigenvalue weighted by Crippen LogP contribution is 2.38. The Morgan fingerprint density at radius 1 is 0.360 bits per heavy atom. The van der Waals surface area contributed by atoms with Crippen molar-refractivity contribution in [1.82, 2.24) is 10.6 Å². The average molecular weight is 1650 g/mol. The number of allylic oxidation sites excluding steroid dienone is 1. The van der Waals surface area contributed by atoms with Crippen LogP contribution in [0.3, 0.4) is 0 Å². The normalized spacial score (nSPS) is 36.8. The van der Waals surface area contributed by atoms with E-state index in [1.807, 2.05) is 6.08 Å². The van der Waals surface area contributed by atoms with Crippen molar-refractivity contribution in [2.24, 2.45) is 0 Å². The lowest BCUT2D eigenvalue weighted by Gasteiger charge is -2.51. The molecule has 668 valence electrons. The molecule has 32 atom stereocenters. The first-order valence-electron chi connectivity index (χ1n) is 42.8. The highest BCUT2D eigenvalue weighted by Gasteiger charge is 2.58. The second kappa shape index (κ2) is 54.8. The van der Waals surface area contributed by atoms with Crippen LogP contribution in [0.5, 0.6) is 0 Å². The van der Waals surface area contributed by atoms with Gasteiger partial charge in [0.1, 0.15) is 140 Å². The minimum atomic E-state index is -2.25. The Hall–Kier alpha value is -2.52. The summed E-state index contributed by atoms with van der Waals surface area (Å²) >= 11 is 0. The zero-order valence-corrected chi connectivity index (χ0v) is 67.7. The molecule has 2 amide bonds. The third-order valence-electron chi connectivity index (χ3n) is 22.8. The van der Waals surface area contributed by atoms with Crippen molar-refractivity contribution in [3.8, 4) is 0 Å². The van der Waals surface area contributed by atoms with Crippen molar-refractivity contribution >= 4 is 11.8 Å². The Kier molecular flexibility index (Phi) is 48.2. The van der Waals surface area contributed by atoms with Crippen LogP contribution in [0.2, 0.25) is 0 Å². The predicted molar refractivity (Wildman–Crippen MR) is 408 cm³/mol. The van der Waals surface area contributed by atoms with Crippen LogP contribution in [-0.4, -0.2) is 340 Å². The first-order valence-corrected chi connectivity index (χ1v) is 42.8. The fourth-order valence-corrected chi connectivity index (χ4v) is 15.7. The van der Waals surface area contributed by atoms with Gasteiger partial charge in [-0.05, 0) is 26.2 Å². The molecule has 0 spiro atoms. The molecule has 0 bridgehead atoms. The van der Waals surface area contributed by atoms with Crippen LogP contribution in [0.1, 0.15) is 246 Å².